The second kappa shape index (κ2) is 18.7. The molecule has 21 valence electrons. The Bertz CT molecular complexity index is 6.00. The minimum absolute atomic E-state index is 0. The fourth-order valence-corrected chi connectivity index (χ4v) is 0. The SMILES string of the molecule is [AlH3].[Cl][Ti].[Ti]. The van der Waals surface area contributed by atoms with Gasteiger partial charge in [0.25, 0.3) is 0 Å². The molecule has 0 rings (SSSR count). The van der Waals surface area contributed by atoms with Crippen molar-refractivity contribution in [2.75, 3.05) is 0 Å². The van der Waals surface area contributed by atoms with E-state index in [1.54, 1.807) is 0 Å². The third kappa shape index (κ3) is 8.87. The monoisotopic (exact) mass is 161 g/mol. The van der Waals surface area contributed by atoms with E-state index in [0.29, 0.717) is 0 Å². The molecule has 0 aromatic carbocycles. The first-order valence-corrected chi connectivity index (χ1v) is 2.34. The fourth-order valence-electron chi connectivity index (χ4n) is 0. The molecule has 4 heteroatoms. The van der Waals surface area contributed by atoms with Crippen LogP contribution in [0.4, 0.5) is 0 Å². The van der Waals surface area contributed by atoms with Crippen LogP contribution in [0.5, 0.6) is 0 Å². The zero-order valence-electron chi connectivity index (χ0n) is 1.38. The largest absolute Gasteiger partial charge is 0 e. The summed E-state index contributed by atoms with van der Waals surface area (Å²) in [7, 11) is 4.64. The number of rotatable bonds is 0. The van der Waals surface area contributed by atoms with Crippen LogP contribution in [0.3, 0.4) is 0 Å². The molecule has 0 bridgehead atoms. The summed E-state index contributed by atoms with van der Waals surface area (Å²) in [5, 5.41) is 0. The standard InChI is InChI=1S/Al.ClH.2Ti.3H/h;1H;;;;;/q;;;+1;;;/p-1. The minimum Gasteiger partial charge on any atom is 0 e. The Kier molecular flexibility index (Phi) is 76.3. The van der Waals surface area contributed by atoms with Gasteiger partial charge in [0, 0.05) is 21.7 Å². The molecule has 0 aliphatic carbocycles. The summed E-state index contributed by atoms with van der Waals surface area (Å²) in [6, 6.07) is 0. The molecule has 0 fully saturated rings. The summed E-state index contributed by atoms with van der Waals surface area (Å²) >= 11 is 1.47. The molecule has 0 unspecified atom stereocenters. The van der Waals surface area contributed by atoms with Gasteiger partial charge in [-0.15, -0.1) is 0 Å². The Morgan fingerprint density at radius 1 is 1.25 bits per heavy atom. The molecule has 0 saturated carbocycles. The maximum atomic E-state index is 4.64. The van der Waals surface area contributed by atoms with Gasteiger partial charge in [-0.25, -0.2) is 0 Å². The molecule has 0 saturated heterocycles. The molecule has 0 heterocycles. The van der Waals surface area contributed by atoms with Gasteiger partial charge in [0.1, 0.15) is 0 Å². The number of halogens is 1. The van der Waals surface area contributed by atoms with Crippen molar-refractivity contribution in [2.24, 2.45) is 0 Å². The first-order chi connectivity index (χ1) is 1.00. The molecule has 0 aliphatic heterocycles. The van der Waals surface area contributed by atoms with Crippen LogP contribution in [-0.2, 0) is 41.1 Å². The van der Waals surface area contributed by atoms with Gasteiger partial charge in [-0.3, -0.25) is 0 Å². The van der Waals surface area contributed by atoms with E-state index in [2.05, 4.69) is 9.30 Å². The van der Waals surface area contributed by atoms with Gasteiger partial charge in [0.05, 0.1) is 0 Å². The molecule has 0 aromatic rings. The third-order valence-corrected chi connectivity index (χ3v) is 0. The van der Waals surface area contributed by atoms with Gasteiger partial charge < -0.3 is 0 Å². The Balaban J connectivity index is -0.00000000500. The molecule has 0 aromatic heterocycles. The average Bonchev–Trinajstić information content (AvgIpc) is 1.00. The van der Waals surface area contributed by atoms with Gasteiger partial charge in [-0.05, 0) is 0 Å². The predicted molar refractivity (Wildman–Crippen MR) is 15.8 cm³/mol. The van der Waals surface area contributed by atoms with Crippen molar-refractivity contribution >= 4 is 26.7 Å². The molecule has 0 atom stereocenters. The zero-order chi connectivity index (χ0) is 2.00. The van der Waals surface area contributed by atoms with Gasteiger partial charge in [-0.2, -0.15) is 0 Å². The van der Waals surface area contributed by atoms with E-state index in [9.17, 15) is 0 Å². The van der Waals surface area contributed by atoms with Crippen LogP contribution in [0.1, 0.15) is 0 Å². The van der Waals surface area contributed by atoms with E-state index in [1.165, 1.54) is 19.4 Å². The van der Waals surface area contributed by atoms with Crippen molar-refractivity contribution in [3.63, 3.8) is 0 Å². The van der Waals surface area contributed by atoms with E-state index in [4.69, 9.17) is 0 Å². The van der Waals surface area contributed by atoms with Crippen molar-refractivity contribution in [1.82, 2.24) is 0 Å². The van der Waals surface area contributed by atoms with E-state index in [1.807, 2.05) is 0 Å². The van der Waals surface area contributed by atoms with Crippen LogP contribution in [0.25, 0.3) is 0 Å². The Hall–Kier alpha value is 2.25. The topological polar surface area (TPSA) is 0 Å². The smallest absolute Gasteiger partial charge is 0 e. The first-order valence-electron chi connectivity index (χ1n) is 0.189. The van der Waals surface area contributed by atoms with Gasteiger partial charge in [-0.1, -0.05) is 0 Å². The summed E-state index contributed by atoms with van der Waals surface area (Å²) in [5.41, 5.74) is 0. The molecule has 4 heavy (non-hydrogen) atoms. The quantitative estimate of drug-likeness (QED) is 0.420. The minimum atomic E-state index is 0. The van der Waals surface area contributed by atoms with Crippen molar-refractivity contribution in [1.29, 1.82) is 0 Å². The maximum absolute atomic E-state index is 4.64. The average molecular weight is 161 g/mol. The third-order valence-electron chi connectivity index (χ3n) is 0. The second-order valence-corrected chi connectivity index (χ2v) is 0. The molecular formula is H3AlClTi2. The summed E-state index contributed by atoms with van der Waals surface area (Å²) in [4.78, 5) is 0. The zero-order valence-corrected chi connectivity index (χ0v) is 5.26. The van der Waals surface area contributed by atoms with Gasteiger partial charge >= 0.3 is 28.7 Å². The van der Waals surface area contributed by atoms with Gasteiger partial charge in [0.15, 0.2) is 17.4 Å². The van der Waals surface area contributed by atoms with Crippen LogP contribution in [0.2, 0.25) is 0 Å². The summed E-state index contributed by atoms with van der Waals surface area (Å²) < 4.78 is 0. The van der Waals surface area contributed by atoms with Crippen LogP contribution in [0.15, 0.2) is 0 Å². The van der Waals surface area contributed by atoms with Gasteiger partial charge in [0.2, 0.25) is 0 Å². The Morgan fingerprint density at radius 2 is 1.25 bits per heavy atom. The van der Waals surface area contributed by atoms with Crippen LogP contribution < -0.4 is 0 Å². The predicted octanol–water partition coefficient (Wildman–Crippen LogP) is -0.499. The second-order valence-electron chi connectivity index (χ2n) is 0. The summed E-state index contributed by atoms with van der Waals surface area (Å²) in [5.74, 6) is 0. The van der Waals surface area contributed by atoms with Crippen LogP contribution in [0, 0.1) is 0 Å². The van der Waals surface area contributed by atoms with Crippen molar-refractivity contribution in [3.8, 4) is 0 Å². The summed E-state index contributed by atoms with van der Waals surface area (Å²) in [6.07, 6.45) is 0. The molecule has 0 aliphatic rings. The molecule has 0 radical (unpaired) electrons. The van der Waals surface area contributed by atoms with Crippen molar-refractivity contribution < 1.29 is 41.1 Å². The van der Waals surface area contributed by atoms with E-state index < -0.39 is 0 Å². The fraction of sp³-hybridized carbons (Fsp3) is 0. The normalized spacial score (nSPS) is 1.00. The first kappa shape index (κ1) is 16.3. The van der Waals surface area contributed by atoms with E-state index in [0.717, 1.165) is 0 Å². The van der Waals surface area contributed by atoms with E-state index in [-0.39, 0.29) is 39.1 Å². The molecule has 0 amide bonds. The van der Waals surface area contributed by atoms with Crippen LogP contribution in [-0.4, -0.2) is 17.4 Å². The Labute approximate surface area is 67.0 Å². The van der Waals surface area contributed by atoms with Crippen molar-refractivity contribution in [3.05, 3.63) is 0 Å². The number of hydrogen-bond acceptors (Lipinski definition) is 0. The summed E-state index contributed by atoms with van der Waals surface area (Å²) in [6.45, 7) is 0. The molecule has 0 N–H and O–H groups in total. The van der Waals surface area contributed by atoms with E-state index >= 15 is 0 Å². The van der Waals surface area contributed by atoms with Crippen molar-refractivity contribution in [2.45, 2.75) is 0 Å². The maximum Gasteiger partial charge on any atom is 0 e. The molecule has 0 nitrogen and oxygen atoms in total. The Morgan fingerprint density at radius 3 is 1.25 bits per heavy atom. The molecular weight excluding hydrogens is 158 g/mol. The number of hydrogen-bond donors (Lipinski definition) is 0. The van der Waals surface area contributed by atoms with Crippen LogP contribution >= 0.6 is 9.30 Å². The molecule has 0 spiro atoms.